The van der Waals surface area contributed by atoms with Crippen LogP contribution in [0.25, 0.3) is 0 Å². The fraction of sp³-hybridized carbons (Fsp3) is 0.562. The zero-order chi connectivity index (χ0) is 16.2. The first-order valence-corrected chi connectivity index (χ1v) is 8.27. The quantitative estimate of drug-likeness (QED) is 0.383. The van der Waals surface area contributed by atoms with Gasteiger partial charge in [0.15, 0.2) is 5.96 Å². The Kier molecular flexibility index (Phi) is 8.41. The van der Waals surface area contributed by atoms with E-state index in [-0.39, 0.29) is 35.4 Å². The van der Waals surface area contributed by atoms with Gasteiger partial charge in [-0.15, -0.1) is 24.0 Å². The van der Waals surface area contributed by atoms with E-state index in [2.05, 4.69) is 29.5 Å². The van der Waals surface area contributed by atoms with Crippen molar-refractivity contribution < 1.29 is 4.74 Å². The molecule has 0 amide bonds. The molecular formula is C16H24Cl2IN3O. The van der Waals surface area contributed by atoms with Crippen LogP contribution in [-0.4, -0.2) is 32.3 Å². The fourth-order valence-corrected chi connectivity index (χ4v) is 2.84. The topological polar surface area (TPSA) is 45.7 Å². The standard InChI is InChI=1S/C16H23Cl2N3O.HI/c1-4-19-15(20-8-16(3)9-22-10-16)21-11(2)13-6-5-12(17)7-14(13)18;/h5-7,11H,4,8-10H2,1-3H3,(H2,19,20,21);1H. The summed E-state index contributed by atoms with van der Waals surface area (Å²) in [6.45, 7) is 9.37. The normalized spacial score (nSPS) is 17.7. The highest BCUT2D eigenvalue weighted by atomic mass is 127. The molecule has 130 valence electrons. The Hall–Kier alpha value is -0.240. The van der Waals surface area contributed by atoms with Crippen molar-refractivity contribution in [2.75, 3.05) is 26.3 Å². The molecule has 1 aliphatic heterocycles. The lowest BCUT2D eigenvalue weighted by Gasteiger charge is -2.36. The number of rotatable bonds is 5. The van der Waals surface area contributed by atoms with Gasteiger partial charge in [0.25, 0.3) is 0 Å². The Balaban J connectivity index is 0.00000264. The molecule has 0 aromatic heterocycles. The lowest BCUT2D eigenvalue weighted by Crippen LogP contribution is -2.44. The van der Waals surface area contributed by atoms with Crippen LogP contribution in [0.15, 0.2) is 23.2 Å². The first-order chi connectivity index (χ1) is 10.4. The molecule has 23 heavy (non-hydrogen) atoms. The molecule has 1 saturated heterocycles. The van der Waals surface area contributed by atoms with Crippen molar-refractivity contribution in [3.8, 4) is 0 Å². The smallest absolute Gasteiger partial charge is 0.191 e. The molecule has 0 bridgehead atoms. The highest BCUT2D eigenvalue weighted by Crippen LogP contribution is 2.27. The second kappa shape index (κ2) is 9.30. The molecule has 2 N–H and O–H groups in total. The Labute approximate surface area is 165 Å². The molecule has 1 atom stereocenters. The fourth-order valence-electron chi connectivity index (χ4n) is 2.27. The van der Waals surface area contributed by atoms with Crippen LogP contribution < -0.4 is 10.6 Å². The third-order valence-electron chi connectivity index (χ3n) is 3.65. The summed E-state index contributed by atoms with van der Waals surface area (Å²) in [6.07, 6.45) is 0. The number of nitrogens with one attached hydrogen (secondary N) is 2. The van der Waals surface area contributed by atoms with E-state index in [1.807, 2.05) is 19.1 Å². The predicted molar refractivity (Wildman–Crippen MR) is 108 cm³/mol. The van der Waals surface area contributed by atoms with Crippen LogP contribution in [-0.2, 0) is 4.74 Å². The molecule has 1 aromatic carbocycles. The van der Waals surface area contributed by atoms with E-state index in [0.29, 0.717) is 10.0 Å². The summed E-state index contributed by atoms with van der Waals surface area (Å²) in [4.78, 5) is 4.67. The summed E-state index contributed by atoms with van der Waals surface area (Å²) in [7, 11) is 0. The highest BCUT2D eigenvalue weighted by molar-refractivity contribution is 14.0. The maximum Gasteiger partial charge on any atom is 0.191 e. The van der Waals surface area contributed by atoms with Crippen molar-refractivity contribution in [1.82, 2.24) is 10.6 Å². The molecule has 1 aromatic rings. The summed E-state index contributed by atoms with van der Waals surface area (Å²) >= 11 is 12.2. The summed E-state index contributed by atoms with van der Waals surface area (Å²) in [5.41, 5.74) is 1.15. The van der Waals surface area contributed by atoms with E-state index in [9.17, 15) is 0 Å². The van der Waals surface area contributed by atoms with Crippen molar-refractivity contribution in [1.29, 1.82) is 0 Å². The number of guanidine groups is 1. The minimum atomic E-state index is 0. The molecule has 1 aliphatic rings. The lowest BCUT2D eigenvalue weighted by molar-refractivity contribution is -0.0945. The Morgan fingerprint density at radius 3 is 2.61 bits per heavy atom. The van der Waals surface area contributed by atoms with E-state index >= 15 is 0 Å². The van der Waals surface area contributed by atoms with Crippen LogP contribution in [0.3, 0.4) is 0 Å². The molecule has 2 rings (SSSR count). The van der Waals surface area contributed by atoms with Crippen LogP contribution in [0.2, 0.25) is 10.0 Å². The molecule has 0 saturated carbocycles. The second-order valence-electron chi connectivity index (χ2n) is 6.03. The highest BCUT2D eigenvalue weighted by Gasteiger charge is 2.33. The van der Waals surface area contributed by atoms with Gasteiger partial charge in [0, 0.05) is 22.0 Å². The molecule has 1 heterocycles. The maximum absolute atomic E-state index is 6.26. The molecule has 4 nitrogen and oxygen atoms in total. The van der Waals surface area contributed by atoms with Crippen LogP contribution in [0.4, 0.5) is 0 Å². The number of hydrogen-bond acceptors (Lipinski definition) is 2. The van der Waals surface area contributed by atoms with Gasteiger partial charge in [0.05, 0.1) is 25.8 Å². The number of aliphatic imine (C=N–C) groups is 1. The van der Waals surface area contributed by atoms with Gasteiger partial charge in [-0.3, -0.25) is 4.99 Å². The molecule has 7 heteroatoms. The Morgan fingerprint density at radius 1 is 1.39 bits per heavy atom. The predicted octanol–water partition coefficient (Wildman–Crippen LogP) is 4.26. The van der Waals surface area contributed by atoms with Gasteiger partial charge in [0.1, 0.15) is 0 Å². The molecule has 0 aliphatic carbocycles. The second-order valence-corrected chi connectivity index (χ2v) is 6.87. The average Bonchev–Trinajstić information content (AvgIpc) is 2.42. The third-order valence-corrected chi connectivity index (χ3v) is 4.21. The van der Waals surface area contributed by atoms with Crippen molar-refractivity contribution in [2.45, 2.75) is 26.8 Å². The van der Waals surface area contributed by atoms with Crippen LogP contribution >= 0.6 is 47.2 Å². The monoisotopic (exact) mass is 471 g/mol. The average molecular weight is 472 g/mol. The number of nitrogens with zero attached hydrogens (tertiary/aromatic N) is 1. The minimum absolute atomic E-state index is 0. The van der Waals surface area contributed by atoms with E-state index in [1.54, 1.807) is 6.07 Å². The number of benzene rings is 1. The SMILES string of the molecule is CCNC(=NCC1(C)COC1)NC(C)c1ccc(Cl)cc1Cl.I. The number of ether oxygens (including phenoxy) is 1. The summed E-state index contributed by atoms with van der Waals surface area (Å²) in [5.74, 6) is 0.786. The van der Waals surface area contributed by atoms with Crippen LogP contribution in [0.5, 0.6) is 0 Å². The molecule has 0 spiro atoms. The Morgan fingerprint density at radius 2 is 2.09 bits per heavy atom. The zero-order valence-electron chi connectivity index (χ0n) is 13.7. The van der Waals surface area contributed by atoms with E-state index in [4.69, 9.17) is 27.9 Å². The molecule has 1 fully saturated rings. The third kappa shape index (κ3) is 5.96. The van der Waals surface area contributed by atoms with E-state index < -0.39 is 0 Å². The largest absolute Gasteiger partial charge is 0.380 e. The number of halogens is 3. The zero-order valence-corrected chi connectivity index (χ0v) is 17.5. The van der Waals surface area contributed by atoms with Gasteiger partial charge in [-0.2, -0.15) is 0 Å². The van der Waals surface area contributed by atoms with Gasteiger partial charge >= 0.3 is 0 Å². The molecular weight excluding hydrogens is 448 g/mol. The molecule has 0 radical (unpaired) electrons. The van der Waals surface area contributed by atoms with Crippen LogP contribution in [0, 0.1) is 5.41 Å². The van der Waals surface area contributed by atoms with Crippen molar-refractivity contribution >= 4 is 53.1 Å². The van der Waals surface area contributed by atoms with Gasteiger partial charge in [-0.05, 0) is 31.5 Å². The number of hydrogen-bond donors (Lipinski definition) is 2. The van der Waals surface area contributed by atoms with E-state index in [1.165, 1.54) is 0 Å². The maximum atomic E-state index is 6.26. The van der Waals surface area contributed by atoms with Crippen molar-refractivity contribution in [3.63, 3.8) is 0 Å². The summed E-state index contributed by atoms with van der Waals surface area (Å²) in [6, 6.07) is 5.58. The van der Waals surface area contributed by atoms with Gasteiger partial charge < -0.3 is 15.4 Å². The summed E-state index contributed by atoms with van der Waals surface area (Å²) in [5, 5.41) is 7.94. The van der Waals surface area contributed by atoms with Gasteiger partial charge in [-0.25, -0.2) is 0 Å². The summed E-state index contributed by atoms with van der Waals surface area (Å²) < 4.78 is 5.27. The first kappa shape index (κ1) is 20.8. The van der Waals surface area contributed by atoms with Gasteiger partial charge in [0.2, 0.25) is 0 Å². The van der Waals surface area contributed by atoms with Crippen molar-refractivity contribution in [3.05, 3.63) is 33.8 Å². The van der Waals surface area contributed by atoms with E-state index in [0.717, 1.165) is 37.8 Å². The lowest BCUT2D eigenvalue weighted by atomic mass is 9.89. The Bertz CT molecular complexity index is 550. The molecule has 1 unspecified atom stereocenters. The van der Waals surface area contributed by atoms with Crippen LogP contribution in [0.1, 0.15) is 32.4 Å². The first-order valence-electron chi connectivity index (χ1n) is 7.51. The minimum Gasteiger partial charge on any atom is -0.380 e. The van der Waals surface area contributed by atoms with Gasteiger partial charge in [-0.1, -0.05) is 36.2 Å². The van der Waals surface area contributed by atoms with Crippen molar-refractivity contribution in [2.24, 2.45) is 10.4 Å².